The minimum atomic E-state index is -0.367. The number of ketones is 1. The molecule has 2 amide bonds. The maximum atomic E-state index is 12.9. The molecule has 2 heterocycles. The lowest BCUT2D eigenvalue weighted by atomic mass is 9.99. The van der Waals surface area contributed by atoms with E-state index in [2.05, 4.69) is 17.2 Å². The van der Waals surface area contributed by atoms with Crippen molar-refractivity contribution in [3.8, 4) is 0 Å². The van der Waals surface area contributed by atoms with Gasteiger partial charge in [-0.1, -0.05) is 19.1 Å². The standard InChI is InChI=1S/C22H25N3O3/c1-3-20-9-4-5-10-25(20)22(28)18-11-17(13-23-14-18)21(27)24-19-8-6-7-16(12-19)15(2)26/h6-8,11-14,20H,3-5,9-10H2,1-2H3,(H,24,27). The molecule has 0 spiro atoms. The Kier molecular flexibility index (Phi) is 6.19. The average molecular weight is 379 g/mol. The van der Waals surface area contributed by atoms with Crippen LogP contribution in [0.4, 0.5) is 5.69 Å². The molecule has 0 bridgehead atoms. The number of likely N-dealkylation sites (tertiary alicyclic amines) is 1. The minimum absolute atomic E-state index is 0.0719. The lowest BCUT2D eigenvalue weighted by molar-refractivity contribution is 0.0607. The summed E-state index contributed by atoms with van der Waals surface area (Å²) in [6.45, 7) is 4.31. The average Bonchev–Trinajstić information content (AvgIpc) is 2.73. The first-order chi connectivity index (χ1) is 13.5. The number of nitrogens with one attached hydrogen (secondary N) is 1. The van der Waals surface area contributed by atoms with E-state index in [4.69, 9.17) is 0 Å². The summed E-state index contributed by atoms with van der Waals surface area (Å²) in [6.07, 6.45) is 7.03. The number of rotatable bonds is 5. The molecule has 146 valence electrons. The van der Waals surface area contributed by atoms with Crippen molar-refractivity contribution in [3.63, 3.8) is 0 Å². The van der Waals surface area contributed by atoms with Crippen molar-refractivity contribution in [2.45, 2.75) is 45.6 Å². The number of hydrogen-bond donors (Lipinski definition) is 1. The number of anilines is 1. The van der Waals surface area contributed by atoms with Crippen LogP contribution in [0, 0.1) is 0 Å². The van der Waals surface area contributed by atoms with E-state index in [-0.39, 0.29) is 23.6 Å². The van der Waals surface area contributed by atoms with Crippen LogP contribution in [0.3, 0.4) is 0 Å². The van der Waals surface area contributed by atoms with Crippen molar-refractivity contribution in [1.29, 1.82) is 0 Å². The zero-order valence-corrected chi connectivity index (χ0v) is 16.3. The van der Waals surface area contributed by atoms with Crippen LogP contribution >= 0.6 is 0 Å². The Labute approximate surface area is 165 Å². The lowest BCUT2D eigenvalue weighted by Gasteiger charge is -2.35. The number of benzene rings is 1. The number of Topliss-reactive ketones (excluding diaryl/α,β-unsaturated/α-hetero) is 1. The lowest BCUT2D eigenvalue weighted by Crippen LogP contribution is -2.43. The summed E-state index contributed by atoms with van der Waals surface area (Å²) in [6, 6.07) is 8.58. The first-order valence-electron chi connectivity index (χ1n) is 9.68. The molecular formula is C22H25N3O3. The molecule has 1 aliphatic heterocycles. The van der Waals surface area contributed by atoms with Gasteiger partial charge in [0, 0.05) is 36.2 Å². The number of carbonyl (C=O) groups is 3. The van der Waals surface area contributed by atoms with Gasteiger partial charge in [0.05, 0.1) is 11.1 Å². The third-order valence-corrected chi connectivity index (χ3v) is 5.13. The number of aromatic nitrogens is 1. The number of hydrogen-bond acceptors (Lipinski definition) is 4. The molecule has 1 aromatic carbocycles. The molecule has 6 heteroatoms. The zero-order chi connectivity index (χ0) is 20.1. The van der Waals surface area contributed by atoms with Crippen LogP contribution in [0.25, 0.3) is 0 Å². The summed E-state index contributed by atoms with van der Waals surface area (Å²) in [7, 11) is 0. The molecule has 1 aliphatic rings. The highest BCUT2D eigenvalue weighted by atomic mass is 16.2. The van der Waals surface area contributed by atoms with E-state index in [1.807, 2.05) is 4.90 Å². The molecule has 1 saturated heterocycles. The van der Waals surface area contributed by atoms with Gasteiger partial charge in [-0.3, -0.25) is 19.4 Å². The number of amides is 2. The number of piperidine rings is 1. The number of carbonyl (C=O) groups excluding carboxylic acids is 3. The van der Waals surface area contributed by atoms with Crippen LogP contribution in [0.1, 0.15) is 70.6 Å². The largest absolute Gasteiger partial charge is 0.336 e. The van der Waals surface area contributed by atoms with Crippen molar-refractivity contribution < 1.29 is 14.4 Å². The van der Waals surface area contributed by atoms with E-state index in [1.165, 1.54) is 19.3 Å². The van der Waals surface area contributed by atoms with E-state index in [9.17, 15) is 14.4 Å². The van der Waals surface area contributed by atoms with Crippen molar-refractivity contribution in [3.05, 3.63) is 59.4 Å². The van der Waals surface area contributed by atoms with Gasteiger partial charge in [0.1, 0.15) is 0 Å². The predicted molar refractivity (Wildman–Crippen MR) is 108 cm³/mol. The third-order valence-electron chi connectivity index (χ3n) is 5.13. The zero-order valence-electron chi connectivity index (χ0n) is 16.3. The molecule has 6 nitrogen and oxygen atoms in total. The minimum Gasteiger partial charge on any atom is -0.336 e. The molecule has 1 unspecified atom stereocenters. The quantitative estimate of drug-likeness (QED) is 0.798. The number of nitrogens with zero attached hydrogens (tertiary/aromatic N) is 2. The van der Waals surface area contributed by atoms with Crippen molar-refractivity contribution in [2.75, 3.05) is 11.9 Å². The fourth-order valence-corrected chi connectivity index (χ4v) is 3.56. The highest BCUT2D eigenvalue weighted by molar-refractivity contribution is 6.06. The second-order valence-corrected chi connectivity index (χ2v) is 7.11. The van der Waals surface area contributed by atoms with Gasteiger partial charge < -0.3 is 10.2 Å². The van der Waals surface area contributed by atoms with E-state index in [0.717, 1.165) is 32.2 Å². The number of pyridine rings is 1. The van der Waals surface area contributed by atoms with Crippen molar-refractivity contribution in [1.82, 2.24) is 9.88 Å². The van der Waals surface area contributed by atoms with Crippen LogP contribution in [-0.2, 0) is 0 Å². The third kappa shape index (κ3) is 4.44. The summed E-state index contributed by atoms with van der Waals surface area (Å²) in [5.74, 6) is -0.516. The highest BCUT2D eigenvalue weighted by Gasteiger charge is 2.26. The van der Waals surface area contributed by atoms with Gasteiger partial charge >= 0.3 is 0 Å². The van der Waals surface area contributed by atoms with Gasteiger partial charge in [-0.2, -0.15) is 0 Å². The van der Waals surface area contributed by atoms with Crippen LogP contribution in [0.15, 0.2) is 42.7 Å². The molecule has 1 aromatic heterocycles. The fourth-order valence-electron chi connectivity index (χ4n) is 3.56. The SMILES string of the molecule is CCC1CCCCN1C(=O)c1cncc(C(=O)Nc2cccc(C(C)=O)c2)c1. The van der Waals surface area contributed by atoms with E-state index < -0.39 is 0 Å². The smallest absolute Gasteiger partial charge is 0.257 e. The highest BCUT2D eigenvalue weighted by Crippen LogP contribution is 2.22. The molecule has 28 heavy (non-hydrogen) atoms. The van der Waals surface area contributed by atoms with Gasteiger partial charge in [-0.05, 0) is 50.8 Å². The second kappa shape index (κ2) is 8.78. The summed E-state index contributed by atoms with van der Waals surface area (Å²) >= 11 is 0. The van der Waals surface area contributed by atoms with E-state index in [1.54, 1.807) is 30.3 Å². The first-order valence-corrected chi connectivity index (χ1v) is 9.68. The van der Waals surface area contributed by atoms with E-state index in [0.29, 0.717) is 22.4 Å². The normalized spacial score (nSPS) is 16.5. The Morgan fingerprint density at radius 1 is 1.11 bits per heavy atom. The predicted octanol–water partition coefficient (Wildman–Crippen LogP) is 3.94. The molecule has 1 atom stereocenters. The molecule has 0 aliphatic carbocycles. The Hall–Kier alpha value is -3.02. The maximum Gasteiger partial charge on any atom is 0.257 e. The fraction of sp³-hybridized carbons (Fsp3) is 0.364. The summed E-state index contributed by atoms with van der Waals surface area (Å²) in [4.78, 5) is 43.1. The van der Waals surface area contributed by atoms with Crippen molar-refractivity contribution >= 4 is 23.3 Å². The molecule has 1 fully saturated rings. The molecule has 3 rings (SSSR count). The Bertz CT molecular complexity index is 894. The molecular weight excluding hydrogens is 354 g/mol. The Morgan fingerprint density at radius 2 is 1.89 bits per heavy atom. The topological polar surface area (TPSA) is 79.4 Å². The summed E-state index contributed by atoms with van der Waals surface area (Å²) in [5.41, 5.74) is 1.78. The van der Waals surface area contributed by atoms with Gasteiger partial charge in [0.2, 0.25) is 0 Å². The summed E-state index contributed by atoms with van der Waals surface area (Å²) < 4.78 is 0. The maximum absolute atomic E-state index is 12.9. The van der Waals surface area contributed by atoms with Gasteiger partial charge in [0.25, 0.3) is 11.8 Å². The first kappa shape index (κ1) is 19.7. The molecule has 0 radical (unpaired) electrons. The van der Waals surface area contributed by atoms with Crippen LogP contribution in [-0.4, -0.2) is 40.1 Å². The van der Waals surface area contributed by atoms with Crippen LogP contribution in [0.5, 0.6) is 0 Å². The molecule has 2 aromatic rings. The van der Waals surface area contributed by atoms with Gasteiger partial charge in [0.15, 0.2) is 5.78 Å². The Balaban J connectivity index is 1.77. The van der Waals surface area contributed by atoms with Crippen LogP contribution < -0.4 is 5.32 Å². The van der Waals surface area contributed by atoms with Gasteiger partial charge in [-0.15, -0.1) is 0 Å². The second-order valence-electron chi connectivity index (χ2n) is 7.11. The monoisotopic (exact) mass is 379 g/mol. The van der Waals surface area contributed by atoms with Crippen molar-refractivity contribution in [2.24, 2.45) is 0 Å². The summed E-state index contributed by atoms with van der Waals surface area (Å²) in [5, 5.41) is 2.76. The van der Waals surface area contributed by atoms with Crippen LogP contribution in [0.2, 0.25) is 0 Å². The molecule has 1 N–H and O–H groups in total. The van der Waals surface area contributed by atoms with Gasteiger partial charge in [-0.25, -0.2) is 0 Å². The molecule has 0 saturated carbocycles. The van der Waals surface area contributed by atoms with E-state index >= 15 is 0 Å². The Morgan fingerprint density at radius 3 is 2.64 bits per heavy atom.